The molecule has 0 heterocycles. The zero-order valence-corrected chi connectivity index (χ0v) is 9.86. The molecule has 0 radical (unpaired) electrons. The molecule has 0 aromatic heterocycles. The topological polar surface area (TPSA) is 53.6 Å². The maximum Gasteiger partial charge on any atom is 0.208 e. The lowest BCUT2D eigenvalue weighted by atomic mass is 10.2. The highest BCUT2D eigenvalue weighted by Crippen LogP contribution is 2.23. The van der Waals surface area contributed by atoms with Crippen LogP contribution >= 0.6 is 0 Å². The lowest BCUT2D eigenvalue weighted by Gasteiger charge is -2.20. The molecule has 0 spiro atoms. The Bertz CT molecular complexity index is 397. The van der Waals surface area contributed by atoms with Crippen molar-refractivity contribution in [2.75, 3.05) is 7.05 Å². The second-order valence-electron chi connectivity index (χ2n) is 4.31. The molecule has 1 aromatic carbocycles. The predicted molar refractivity (Wildman–Crippen MR) is 65.6 cm³/mol. The van der Waals surface area contributed by atoms with E-state index in [4.69, 9.17) is 5.84 Å². The summed E-state index contributed by atoms with van der Waals surface area (Å²) in [4.78, 5) is 6.37. The van der Waals surface area contributed by atoms with Crippen LogP contribution in [0, 0.1) is 5.82 Å². The fourth-order valence-corrected chi connectivity index (χ4v) is 1.56. The van der Waals surface area contributed by atoms with Gasteiger partial charge in [-0.05, 0) is 30.5 Å². The van der Waals surface area contributed by atoms with Crippen LogP contribution in [0.1, 0.15) is 18.4 Å². The number of hydrazine groups is 1. The van der Waals surface area contributed by atoms with Crippen molar-refractivity contribution in [2.45, 2.75) is 25.4 Å². The van der Waals surface area contributed by atoms with Crippen molar-refractivity contribution in [2.24, 2.45) is 10.8 Å². The minimum atomic E-state index is -0.222. The van der Waals surface area contributed by atoms with Gasteiger partial charge in [0.2, 0.25) is 5.96 Å². The van der Waals surface area contributed by atoms with E-state index in [9.17, 15) is 4.39 Å². The predicted octanol–water partition coefficient (Wildman–Crippen LogP) is 1.24. The highest BCUT2D eigenvalue weighted by atomic mass is 19.1. The van der Waals surface area contributed by atoms with Crippen molar-refractivity contribution < 1.29 is 4.39 Å². The zero-order chi connectivity index (χ0) is 12.3. The van der Waals surface area contributed by atoms with Gasteiger partial charge in [0.15, 0.2) is 0 Å². The summed E-state index contributed by atoms with van der Waals surface area (Å²) < 4.78 is 12.8. The Kier molecular flexibility index (Phi) is 3.58. The second kappa shape index (κ2) is 5.14. The summed E-state index contributed by atoms with van der Waals surface area (Å²) in [5.41, 5.74) is 3.63. The summed E-state index contributed by atoms with van der Waals surface area (Å²) in [6, 6.07) is 6.85. The standard InChI is InChI=1S/C12H17FN4/c1-17(12(16-14)15-11-6-7-11)8-9-2-4-10(13)5-3-9/h2-5,11H,6-8,14H2,1H3,(H,15,16). The Balaban J connectivity index is 1.99. The van der Waals surface area contributed by atoms with Crippen LogP contribution in [0.5, 0.6) is 0 Å². The first kappa shape index (κ1) is 11.9. The van der Waals surface area contributed by atoms with Crippen LogP contribution in [-0.2, 0) is 6.54 Å². The molecule has 0 amide bonds. The number of aliphatic imine (C=N–C) groups is 1. The summed E-state index contributed by atoms with van der Waals surface area (Å²) in [5, 5.41) is 0. The number of halogens is 1. The highest BCUT2D eigenvalue weighted by molar-refractivity contribution is 5.79. The smallest absolute Gasteiger partial charge is 0.208 e. The van der Waals surface area contributed by atoms with Crippen LogP contribution in [0.25, 0.3) is 0 Å². The quantitative estimate of drug-likeness (QED) is 0.359. The third-order valence-electron chi connectivity index (χ3n) is 2.68. The summed E-state index contributed by atoms with van der Waals surface area (Å²) in [6.07, 6.45) is 2.27. The number of hydrogen-bond acceptors (Lipinski definition) is 2. The maximum atomic E-state index is 12.8. The third-order valence-corrected chi connectivity index (χ3v) is 2.68. The van der Waals surface area contributed by atoms with Gasteiger partial charge in [0.1, 0.15) is 5.82 Å². The van der Waals surface area contributed by atoms with Gasteiger partial charge in [-0.3, -0.25) is 5.43 Å². The normalized spacial score (nSPS) is 15.8. The average molecular weight is 236 g/mol. The first-order valence-corrected chi connectivity index (χ1v) is 5.69. The molecule has 1 aliphatic carbocycles. The number of nitrogens with two attached hydrogens (primary N) is 1. The van der Waals surface area contributed by atoms with E-state index in [1.807, 2.05) is 11.9 Å². The first-order valence-electron chi connectivity index (χ1n) is 5.69. The number of nitrogens with zero attached hydrogens (tertiary/aromatic N) is 2. The molecule has 0 aliphatic heterocycles. The number of guanidine groups is 1. The molecule has 17 heavy (non-hydrogen) atoms. The van der Waals surface area contributed by atoms with Crippen LogP contribution < -0.4 is 11.3 Å². The van der Waals surface area contributed by atoms with Crippen molar-refractivity contribution in [3.05, 3.63) is 35.6 Å². The summed E-state index contributed by atoms with van der Waals surface area (Å²) in [6.45, 7) is 0.649. The Labute approximate surface area is 100 Å². The van der Waals surface area contributed by atoms with Gasteiger partial charge in [-0.1, -0.05) is 12.1 Å². The van der Waals surface area contributed by atoms with Gasteiger partial charge in [0.05, 0.1) is 6.04 Å². The molecule has 4 nitrogen and oxygen atoms in total. The molecule has 0 unspecified atom stereocenters. The van der Waals surface area contributed by atoms with Crippen molar-refractivity contribution in [1.29, 1.82) is 0 Å². The number of nitrogens with one attached hydrogen (secondary N) is 1. The van der Waals surface area contributed by atoms with Gasteiger partial charge < -0.3 is 4.90 Å². The van der Waals surface area contributed by atoms with Crippen LogP contribution in [0.15, 0.2) is 29.3 Å². The molecule has 1 saturated carbocycles. The minimum Gasteiger partial charge on any atom is -0.341 e. The fourth-order valence-electron chi connectivity index (χ4n) is 1.56. The molecule has 0 bridgehead atoms. The zero-order valence-electron chi connectivity index (χ0n) is 9.86. The monoisotopic (exact) mass is 236 g/mol. The summed E-state index contributed by atoms with van der Waals surface area (Å²) in [5.74, 6) is 5.90. The molecular weight excluding hydrogens is 219 g/mol. The molecule has 2 rings (SSSR count). The van der Waals surface area contributed by atoms with E-state index in [1.165, 1.54) is 12.1 Å². The van der Waals surface area contributed by atoms with Crippen LogP contribution in [-0.4, -0.2) is 23.9 Å². The van der Waals surface area contributed by atoms with E-state index in [0.29, 0.717) is 18.5 Å². The largest absolute Gasteiger partial charge is 0.341 e. The van der Waals surface area contributed by atoms with Gasteiger partial charge in [-0.2, -0.15) is 0 Å². The highest BCUT2D eigenvalue weighted by Gasteiger charge is 2.21. The molecule has 1 aliphatic rings. The maximum absolute atomic E-state index is 12.8. The van der Waals surface area contributed by atoms with Crippen molar-refractivity contribution in [3.63, 3.8) is 0 Å². The first-order chi connectivity index (χ1) is 8.19. The Morgan fingerprint density at radius 1 is 1.47 bits per heavy atom. The summed E-state index contributed by atoms with van der Waals surface area (Å²) >= 11 is 0. The summed E-state index contributed by atoms with van der Waals surface area (Å²) in [7, 11) is 1.91. The van der Waals surface area contributed by atoms with Gasteiger partial charge >= 0.3 is 0 Å². The van der Waals surface area contributed by atoms with E-state index >= 15 is 0 Å². The minimum absolute atomic E-state index is 0.222. The molecule has 92 valence electrons. The van der Waals surface area contributed by atoms with Crippen LogP contribution in [0.3, 0.4) is 0 Å². The SMILES string of the molecule is CN(Cc1ccc(F)cc1)C(=NC1CC1)NN. The lowest BCUT2D eigenvalue weighted by Crippen LogP contribution is -2.42. The van der Waals surface area contributed by atoms with Crippen molar-refractivity contribution in [1.82, 2.24) is 10.3 Å². The van der Waals surface area contributed by atoms with E-state index in [2.05, 4.69) is 10.4 Å². The van der Waals surface area contributed by atoms with E-state index in [1.54, 1.807) is 12.1 Å². The van der Waals surface area contributed by atoms with Gasteiger partial charge in [0, 0.05) is 13.6 Å². The number of hydrogen-bond donors (Lipinski definition) is 2. The van der Waals surface area contributed by atoms with E-state index in [-0.39, 0.29) is 5.82 Å². The van der Waals surface area contributed by atoms with Crippen molar-refractivity contribution in [3.8, 4) is 0 Å². The molecule has 5 heteroatoms. The Morgan fingerprint density at radius 3 is 2.65 bits per heavy atom. The molecule has 0 saturated heterocycles. The third kappa shape index (κ3) is 3.42. The molecule has 1 fully saturated rings. The number of benzene rings is 1. The molecular formula is C12H17FN4. The molecule has 1 aromatic rings. The Hall–Kier alpha value is -1.62. The second-order valence-corrected chi connectivity index (χ2v) is 4.31. The fraction of sp³-hybridized carbons (Fsp3) is 0.417. The average Bonchev–Trinajstić information content (AvgIpc) is 3.13. The van der Waals surface area contributed by atoms with Crippen molar-refractivity contribution >= 4 is 5.96 Å². The molecule has 0 atom stereocenters. The van der Waals surface area contributed by atoms with Gasteiger partial charge in [-0.25, -0.2) is 15.2 Å². The Morgan fingerprint density at radius 2 is 2.12 bits per heavy atom. The lowest BCUT2D eigenvalue weighted by molar-refractivity contribution is 0.476. The number of rotatable bonds is 3. The van der Waals surface area contributed by atoms with Crippen LogP contribution in [0.4, 0.5) is 4.39 Å². The van der Waals surface area contributed by atoms with Gasteiger partial charge in [-0.15, -0.1) is 0 Å². The van der Waals surface area contributed by atoms with E-state index in [0.717, 1.165) is 18.4 Å². The molecule has 3 N–H and O–H groups in total. The van der Waals surface area contributed by atoms with E-state index < -0.39 is 0 Å². The van der Waals surface area contributed by atoms with Gasteiger partial charge in [0.25, 0.3) is 0 Å². The van der Waals surface area contributed by atoms with Crippen LogP contribution in [0.2, 0.25) is 0 Å².